The minimum Gasteiger partial charge on any atom is -0.211 e. The van der Waals surface area contributed by atoms with E-state index in [1.165, 1.54) is 12.8 Å². The average molecular weight is 346 g/mol. The largest absolute Gasteiger partial charge is 0.241 e. The van der Waals surface area contributed by atoms with E-state index in [4.69, 9.17) is 0 Å². The Hall–Kier alpha value is -0.390. The van der Waals surface area contributed by atoms with E-state index < -0.39 is 10.0 Å². The van der Waals surface area contributed by atoms with Crippen LogP contribution in [0.2, 0.25) is 0 Å². The van der Waals surface area contributed by atoms with Crippen LogP contribution in [0.25, 0.3) is 0 Å². The molecule has 1 aliphatic rings. The predicted octanol–water partition coefficient (Wildman–Crippen LogP) is 3.62. The van der Waals surface area contributed by atoms with E-state index >= 15 is 0 Å². The van der Waals surface area contributed by atoms with Crippen molar-refractivity contribution < 1.29 is 8.42 Å². The second-order valence-corrected chi connectivity index (χ2v) is 8.37. The molecule has 0 spiro atoms. The van der Waals surface area contributed by atoms with Crippen LogP contribution in [-0.2, 0) is 10.0 Å². The van der Waals surface area contributed by atoms with Gasteiger partial charge in [0.15, 0.2) is 0 Å². The van der Waals surface area contributed by atoms with Crippen LogP contribution in [0.15, 0.2) is 27.6 Å². The highest BCUT2D eigenvalue weighted by Gasteiger charge is 2.30. The molecule has 106 valence electrons. The smallest absolute Gasteiger partial charge is 0.211 e. The van der Waals surface area contributed by atoms with Gasteiger partial charge in [0.1, 0.15) is 0 Å². The van der Waals surface area contributed by atoms with Gasteiger partial charge in [-0.15, -0.1) is 0 Å². The average Bonchev–Trinajstić information content (AvgIpc) is 2.74. The molecule has 0 unspecified atom stereocenters. The highest BCUT2D eigenvalue weighted by Crippen LogP contribution is 2.37. The number of halogens is 1. The molecule has 0 bridgehead atoms. The highest BCUT2D eigenvalue weighted by molar-refractivity contribution is 9.10. The molecule has 0 heterocycles. The third kappa shape index (κ3) is 3.58. The fourth-order valence-corrected chi connectivity index (χ4v) is 4.97. The van der Waals surface area contributed by atoms with Crippen LogP contribution in [0.1, 0.15) is 38.2 Å². The molecular weight excluding hydrogens is 326 g/mol. The van der Waals surface area contributed by atoms with E-state index in [0.29, 0.717) is 15.9 Å². The normalized spacial score (nSPS) is 18.7. The van der Waals surface area contributed by atoms with Crippen LogP contribution in [-0.4, -0.2) is 15.0 Å². The monoisotopic (exact) mass is 345 g/mol. The Kier molecular flexibility index (Phi) is 4.38. The number of aryl methyl sites for hydroxylation is 1. The molecule has 1 aromatic carbocycles. The van der Waals surface area contributed by atoms with Gasteiger partial charge in [0.2, 0.25) is 10.0 Å². The van der Waals surface area contributed by atoms with Crippen molar-refractivity contribution in [2.75, 3.05) is 6.54 Å². The van der Waals surface area contributed by atoms with Crippen LogP contribution < -0.4 is 4.72 Å². The Balaban J connectivity index is 2.14. The van der Waals surface area contributed by atoms with Gasteiger partial charge in [-0.25, -0.2) is 13.1 Å². The number of nitrogens with one attached hydrogen (secondary N) is 1. The van der Waals surface area contributed by atoms with E-state index in [1.54, 1.807) is 6.07 Å². The summed E-state index contributed by atoms with van der Waals surface area (Å²) in [6.07, 6.45) is 4.61. The molecule has 19 heavy (non-hydrogen) atoms. The molecule has 2 rings (SSSR count). The van der Waals surface area contributed by atoms with E-state index in [9.17, 15) is 8.42 Å². The van der Waals surface area contributed by atoms with Gasteiger partial charge < -0.3 is 0 Å². The zero-order valence-electron chi connectivity index (χ0n) is 11.4. The molecule has 0 amide bonds. The van der Waals surface area contributed by atoms with Crippen molar-refractivity contribution in [3.8, 4) is 0 Å². The first-order valence-corrected chi connectivity index (χ1v) is 8.86. The van der Waals surface area contributed by atoms with Crippen molar-refractivity contribution in [2.24, 2.45) is 5.41 Å². The Bertz CT molecular complexity index is 563. The number of hydrogen-bond acceptors (Lipinski definition) is 2. The first kappa shape index (κ1) is 15.0. The second kappa shape index (κ2) is 5.54. The minimum absolute atomic E-state index is 0.115. The van der Waals surface area contributed by atoms with Gasteiger partial charge in [0, 0.05) is 11.0 Å². The molecule has 0 radical (unpaired) electrons. The quantitative estimate of drug-likeness (QED) is 0.905. The zero-order chi connectivity index (χ0) is 14.1. The van der Waals surface area contributed by atoms with Gasteiger partial charge in [-0.2, -0.15) is 0 Å². The summed E-state index contributed by atoms with van der Waals surface area (Å²) in [5, 5.41) is 0. The lowest BCUT2D eigenvalue weighted by Crippen LogP contribution is -2.34. The van der Waals surface area contributed by atoms with Crippen LogP contribution in [0.3, 0.4) is 0 Å². The summed E-state index contributed by atoms with van der Waals surface area (Å²) in [4.78, 5) is 0.319. The first-order chi connectivity index (χ1) is 8.82. The predicted molar refractivity (Wildman–Crippen MR) is 80.6 cm³/mol. The van der Waals surface area contributed by atoms with Crippen molar-refractivity contribution >= 4 is 26.0 Å². The molecule has 0 aromatic heterocycles. The maximum atomic E-state index is 12.3. The van der Waals surface area contributed by atoms with E-state index in [-0.39, 0.29) is 5.41 Å². The summed E-state index contributed by atoms with van der Waals surface area (Å²) in [5.41, 5.74) is 1.15. The molecule has 1 N–H and O–H groups in total. The third-order valence-electron chi connectivity index (χ3n) is 3.88. The molecule has 3 nitrogen and oxygen atoms in total. The number of benzene rings is 1. The summed E-state index contributed by atoms with van der Waals surface area (Å²) < 4.78 is 28.0. The molecule has 1 aromatic rings. The van der Waals surface area contributed by atoms with Gasteiger partial charge in [0.25, 0.3) is 0 Å². The third-order valence-corrected chi connectivity index (χ3v) is 6.25. The standard InChI is InChI=1S/C14H20BrNO2S/c1-11-5-6-13(12(15)9-11)19(17,18)16-10-14(2)7-3-4-8-14/h5-6,9,16H,3-4,7-8,10H2,1-2H3. The molecule has 1 saturated carbocycles. The zero-order valence-corrected chi connectivity index (χ0v) is 13.8. The van der Waals surface area contributed by atoms with Crippen molar-refractivity contribution in [2.45, 2.75) is 44.4 Å². The molecule has 0 atom stereocenters. The van der Waals surface area contributed by atoms with Crippen molar-refractivity contribution in [3.63, 3.8) is 0 Å². The first-order valence-electron chi connectivity index (χ1n) is 6.58. The van der Waals surface area contributed by atoms with Gasteiger partial charge in [0.05, 0.1) is 4.90 Å². The number of hydrogen-bond donors (Lipinski definition) is 1. The van der Waals surface area contributed by atoms with Crippen LogP contribution in [0.4, 0.5) is 0 Å². The second-order valence-electron chi connectivity index (χ2n) is 5.78. The molecule has 0 saturated heterocycles. The maximum absolute atomic E-state index is 12.3. The highest BCUT2D eigenvalue weighted by atomic mass is 79.9. The maximum Gasteiger partial charge on any atom is 0.241 e. The van der Waals surface area contributed by atoms with Crippen molar-refractivity contribution in [3.05, 3.63) is 28.2 Å². The number of rotatable bonds is 4. The molecule has 0 aliphatic heterocycles. The van der Waals surface area contributed by atoms with Crippen LogP contribution in [0.5, 0.6) is 0 Å². The van der Waals surface area contributed by atoms with E-state index in [1.807, 2.05) is 19.1 Å². The van der Waals surface area contributed by atoms with Gasteiger partial charge in [-0.3, -0.25) is 0 Å². The Labute approximate surface area is 124 Å². The molecular formula is C14H20BrNO2S. The SMILES string of the molecule is Cc1ccc(S(=O)(=O)NCC2(C)CCCC2)c(Br)c1. The van der Waals surface area contributed by atoms with Gasteiger partial charge in [-0.1, -0.05) is 25.8 Å². The Morgan fingerprint density at radius 1 is 1.32 bits per heavy atom. The summed E-state index contributed by atoms with van der Waals surface area (Å²) in [6.45, 7) is 4.62. The fourth-order valence-electron chi connectivity index (χ4n) is 2.58. The summed E-state index contributed by atoms with van der Waals surface area (Å²) >= 11 is 3.33. The van der Waals surface area contributed by atoms with Crippen LogP contribution in [0, 0.1) is 12.3 Å². The Morgan fingerprint density at radius 3 is 2.53 bits per heavy atom. The Morgan fingerprint density at radius 2 is 1.95 bits per heavy atom. The lowest BCUT2D eigenvalue weighted by Gasteiger charge is -2.23. The molecule has 1 aliphatic carbocycles. The van der Waals surface area contributed by atoms with Crippen LogP contribution >= 0.6 is 15.9 Å². The topological polar surface area (TPSA) is 46.2 Å². The molecule has 1 fully saturated rings. The van der Waals surface area contributed by atoms with E-state index in [2.05, 4.69) is 27.6 Å². The lowest BCUT2D eigenvalue weighted by molar-refractivity contribution is 0.336. The van der Waals surface area contributed by atoms with Gasteiger partial charge in [-0.05, 0) is 58.8 Å². The number of sulfonamides is 1. The minimum atomic E-state index is -3.43. The van der Waals surface area contributed by atoms with Crippen molar-refractivity contribution in [1.82, 2.24) is 4.72 Å². The lowest BCUT2D eigenvalue weighted by atomic mass is 9.89. The van der Waals surface area contributed by atoms with Crippen molar-refractivity contribution in [1.29, 1.82) is 0 Å². The summed E-state index contributed by atoms with van der Waals surface area (Å²) in [5.74, 6) is 0. The summed E-state index contributed by atoms with van der Waals surface area (Å²) in [6, 6.07) is 5.29. The molecule has 5 heteroatoms. The van der Waals surface area contributed by atoms with E-state index in [0.717, 1.165) is 18.4 Å². The van der Waals surface area contributed by atoms with Gasteiger partial charge >= 0.3 is 0 Å². The fraction of sp³-hybridized carbons (Fsp3) is 0.571. The summed E-state index contributed by atoms with van der Waals surface area (Å²) in [7, 11) is -3.43.